The first-order valence-electron chi connectivity index (χ1n) is 6.83. The molecule has 2 rings (SSSR count). The summed E-state index contributed by atoms with van der Waals surface area (Å²) in [6.07, 6.45) is 1.41. The Morgan fingerprint density at radius 3 is 2.71 bits per heavy atom. The number of rotatable bonds is 5. The van der Waals surface area contributed by atoms with Crippen molar-refractivity contribution in [3.05, 3.63) is 46.6 Å². The van der Waals surface area contributed by atoms with Crippen molar-refractivity contribution in [1.29, 1.82) is 0 Å². The molecule has 1 heterocycles. The van der Waals surface area contributed by atoms with E-state index in [4.69, 9.17) is 27.9 Å². The molecule has 1 aromatic heterocycles. The number of anilines is 1. The molecule has 126 valence electrons. The summed E-state index contributed by atoms with van der Waals surface area (Å²) in [6, 6.07) is 7.86. The third-order valence-electron chi connectivity index (χ3n) is 2.79. The van der Waals surface area contributed by atoms with Gasteiger partial charge in [0.15, 0.2) is 5.75 Å². The summed E-state index contributed by atoms with van der Waals surface area (Å²) in [5.41, 5.74) is 0.539. The van der Waals surface area contributed by atoms with Crippen molar-refractivity contribution in [2.24, 2.45) is 0 Å². The number of hydrogen-bond donors (Lipinski definition) is 3. The van der Waals surface area contributed by atoms with Crippen molar-refractivity contribution in [1.82, 2.24) is 15.6 Å². The Labute approximate surface area is 148 Å². The molecule has 3 N–H and O–H groups in total. The number of hydrogen-bond acceptors (Lipinski definition) is 5. The Morgan fingerprint density at radius 2 is 2.00 bits per heavy atom. The van der Waals surface area contributed by atoms with Gasteiger partial charge in [0.05, 0.1) is 17.3 Å². The Hall–Kier alpha value is -2.51. The van der Waals surface area contributed by atoms with Gasteiger partial charge in [-0.2, -0.15) is 0 Å². The van der Waals surface area contributed by atoms with Gasteiger partial charge in [0, 0.05) is 13.2 Å². The van der Waals surface area contributed by atoms with Crippen LogP contribution in [0.25, 0.3) is 0 Å². The van der Waals surface area contributed by atoms with E-state index in [0.717, 1.165) is 0 Å². The van der Waals surface area contributed by atoms with E-state index in [0.29, 0.717) is 16.5 Å². The van der Waals surface area contributed by atoms with E-state index in [9.17, 15) is 9.59 Å². The van der Waals surface area contributed by atoms with E-state index in [2.05, 4.69) is 20.9 Å². The van der Waals surface area contributed by atoms with Gasteiger partial charge in [-0.3, -0.25) is 10.1 Å². The van der Waals surface area contributed by atoms with Crippen LogP contribution in [0.3, 0.4) is 0 Å². The number of urea groups is 1. The first-order chi connectivity index (χ1) is 11.5. The van der Waals surface area contributed by atoms with E-state index in [-0.39, 0.29) is 17.4 Å². The quantitative estimate of drug-likeness (QED) is 0.754. The van der Waals surface area contributed by atoms with Gasteiger partial charge in [-0.05, 0) is 18.2 Å². The first kappa shape index (κ1) is 17.8. The minimum absolute atomic E-state index is 0.116. The largest absolute Gasteiger partial charge is 0.435 e. The summed E-state index contributed by atoms with van der Waals surface area (Å²) >= 11 is 11.8. The number of nitrogens with one attached hydrogen (secondary N) is 3. The number of pyridine rings is 1. The zero-order valence-electron chi connectivity index (χ0n) is 12.6. The van der Waals surface area contributed by atoms with Crippen molar-refractivity contribution in [3.8, 4) is 11.6 Å². The molecule has 0 spiro atoms. The smallest absolute Gasteiger partial charge is 0.321 e. The average Bonchev–Trinajstić information content (AvgIpc) is 2.56. The molecular weight excluding hydrogens is 355 g/mol. The third kappa shape index (κ3) is 5.00. The zero-order chi connectivity index (χ0) is 17.5. The predicted octanol–water partition coefficient (Wildman–Crippen LogP) is 3.05. The van der Waals surface area contributed by atoms with Crippen LogP contribution in [0.2, 0.25) is 10.0 Å². The van der Waals surface area contributed by atoms with Crippen LogP contribution in [-0.4, -0.2) is 30.5 Å². The lowest BCUT2D eigenvalue weighted by molar-refractivity contribution is -0.118. The monoisotopic (exact) mass is 368 g/mol. The summed E-state index contributed by atoms with van der Waals surface area (Å²) < 4.78 is 5.65. The number of aromatic nitrogens is 1. The number of nitrogens with zero attached hydrogens (tertiary/aromatic N) is 1. The predicted molar refractivity (Wildman–Crippen MR) is 91.9 cm³/mol. The highest BCUT2D eigenvalue weighted by Crippen LogP contribution is 2.32. The maximum absolute atomic E-state index is 11.6. The summed E-state index contributed by atoms with van der Waals surface area (Å²) in [4.78, 5) is 26.7. The maximum Gasteiger partial charge on any atom is 0.321 e. The lowest BCUT2D eigenvalue weighted by Gasteiger charge is -2.13. The molecule has 2 aromatic rings. The first-order valence-corrected chi connectivity index (χ1v) is 7.58. The number of para-hydroxylation sites is 2. The Kier molecular flexibility index (Phi) is 6.22. The van der Waals surface area contributed by atoms with E-state index < -0.39 is 11.9 Å². The summed E-state index contributed by atoms with van der Waals surface area (Å²) in [7, 11) is 1.42. The molecule has 0 bridgehead atoms. The van der Waals surface area contributed by atoms with Crippen LogP contribution in [-0.2, 0) is 4.79 Å². The van der Waals surface area contributed by atoms with E-state index in [1.165, 1.54) is 19.3 Å². The highest BCUT2D eigenvalue weighted by atomic mass is 35.5. The number of carbonyl (C=O) groups is 2. The van der Waals surface area contributed by atoms with Gasteiger partial charge in [-0.1, -0.05) is 35.3 Å². The zero-order valence-corrected chi connectivity index (χ0v) is 14.1. The Balaban J connectivity index is 2.07. The second-order valence-electron chi connectivity index (χ2n) is 4.52. The number of halogens is 2. The second kappa shape index (κ2) is 8.37. The summed E-state index contributed by atoms with van der Waals surface area (Å²) in [5, 5.41) is 7.97. The SMILES string of the molecule is CNC(=O)NC(=O)CNc1ccccc1Oc1ncc(Cl)cc1Cl. The average molecular weight is 369 g/mol. The highest BCUT2D eigenvalue weighted by molar-refractivity contribution is 6.35. The van der Waals surface area contributed by atoms with E-state index >= 15 is 0 Å². The van der Waals surface area contributed by atoms with Gasteiger partial charge in [0.1, 0.15) is 5.02 Å². The second-order valence-corrected chi connectivity index (χ2v) is 5.36. The molecule has 0 saturated carbocycles. The minimum atomic E-state index is -0.580. The molecule has 0 saturated heterocycles. The van der Waals surface area contributed by atoms with Crippen LogP contribution < -0.4 is 20.7 Å². The van der Waals surface area contributed by atoms with Gasteiger partial charge < -0.3 is 15.4 Å². The number of carbonyl (C=O) groups excluding carboxylic acids is 2. The molecule has 7 nitrogen and oxygen atoms in total. The third-order valence-corrected chi connectivity index (χ3v) is 3.26. The van der Waals surface area contributed by atoms with Crippen molar-refractivity contribution in [3.63, 3.8) is 0 Å². The number of amides is 3. The number of imide groups is 1. The van der Waals surface area contributed by atoms with Gasteiger partial charge in [-0.25, -0.2) is 9.78 Å². The molecule has 3 amide bonds. The Bertz CT molecular complexity index is 755. The van der Waals surface area contributed by atoms with Gasteiger partial charge in [0.2, 0.25) is 11.8 Å². The van der Waals surface area contributed by atoms with Gasteiger partial charge >= 0.3 is 6.03 Å². The topological polar surface area (TPSA) is 92.4 Å². The van der Waals surface area contributed by atoms with Crippen LogP contribution >= 0.6 is 23.2 Å². The van der Waals surface area contributed by atoms with E-state index in [1.54, 1.807) is 24.3 Å². The van der Waals surface area contributed by atoms with Gasteiger partial charge in [-0.15, -0.1) is 0 Å². The summed E-state index contributed by atoms with van der Waals surface area (Å²) in [6.45, 7) is -0.116. The molecule has 0 aliphatic rings. The summed E-state index contributed by atoms with van der Waals surface area (Å²) in [5.74, 6) is 0.110. The normalized spacial score (nSPS) is 9.96. The molecule has 9 heteroatoms. The highest BCUT2D eigenvalue weighted by Gasteiger charge is 2.11. The molecule has 1 aromatic carbocycles. The van der Waals surface area contributed by atoms with Crippen molar-refractivity contribution in [2.75, 3.05) is 18.9 Å². The Morgan fingerprint density at radius 1 is 1.25 bits per heavy atom. The van der Waals surface area contributed by atoms with Crippen LogP contribution in [0.15, 0.2) is 36.5 Å². The molecule has 24 heavy (non-hydrogen) atoms. The molecule has 0 fully saturated rings. The molecule has 0 atom stereocenters. The van der Waals surface area contributed by atoms with Crippen LogP contribution in [0.4, 0.5) is 10.5 Å². The van der Waals surface area contributed by atoms with E-state index in [1.807, 2.05) is 0 Å². The van der Waals surface area contributed by atoms with Crippen LogP contribution in [0.1, 0.15) is 0 Å². The maximum atomic E-state index is 11.6. The van der Waals surface area contributed by atoms with Crippen molar-refractivity contribution >= 4 is 40.8 Å². The number of ether oxygens (including phenoxy) is 1. The fourth-order valence-corrected chi connectivity index (χ4v) is 2.11. The fraction of sp³-hybridized carbons (Fsp3) is 0.133. The van der Waals surface area contributed by atoms with Crippen molar-refractivity contribution < 1.29 is 14.3 Å². The lowest BCUT2D eigenvalue weighted by atomic mass is 10.3. The number of benzene rings is 1. The fourth-order valence-electron chi connectivity index (χ4n) is 1.69. The van der Waals surface area contributed by atoms with Crippen molar-refractivity contribution in [2.45, 2.75) is 0 Å². The molecular formula is C15H14Cl2N4O3. The lowest BCUT2D eigenvalue weighted by Crippen LogP contribution is -2.40. The standard InChI is InChI=1S/C15H14Cl2N4O3/c1-18-15(23)21-13(22)8-19-11-4-2-3-5-12(11)24-14-10(17)6-9(16)7-20-14/h2-7,19H,8H2,1H3,(H2,18,21,22,23). The van der Waals surface area contributed by atoms with Crippen LogP contribution in [0, 0.1) is 0 Å². The van der Waals surface area contributed by atoms with Gasteiger partial charge in [0.25, 0.3) is 0 Å². The molecule has 0 aliphatic heterocycles. The molecule has 0 unspecified atom stereocenters. The minimum Gasteiger partial charge on any atom is -0.435 e. The molecule has 0 aliphatic carbocycles. The van der Waals surface area contributed by atoms with Crippen LogP contribution in [0.5, 0.6) is 11.6 Å². The molecule has 0 radical (unpaired) electrons.